The number of hydrogen-bond acceptors (Lipinski definition) is 1. The van der Waals surface area contributed by atoms with Crippen molar-refractivity contribution in [1.29, 1.82) is 0 Å². The van der Waals surface area contributed by atoms with Crippen LogP contribution in [0.5, 0.6) is 0 Å². The number of hydrogen-bond donors (Lipinski definition) is 0. The van der Waals surface area contributed by atoms with Crippen LogP contribution in [0.25, 0.3) is 0 Å². The van der Waals surface area contributed by atoms with Crippen LogP contribution in [0.15, 0.2) is 77.8 Å². The Labute approximate surface area is 180 Å². The molecule has 154 valence electrons. The maximum absolute atomic E-state index is 14.0. The fourth-order valence-electron chi connectivity index (χ4n) is 3.24. The number of carbonyl (C=O) groups is 1. The summed E-state index contributed by atoms with van der Waals surface area (Å²) in [6.07, 6.45) is -4.50. The van der Waals surface area contributed by atoms with Crippen LogP contribution in [0.3, 0.4) is 0 Å². The van der Waals surface area contributed by atoms with Crippen LogP contribution in [0.4, 0.5) is 23.2 Å². The zero-order chi connectivity index (χ0) is 20.6. The molecule has 0 bridgehead atoms. The van der Waals surface area contributed by atoms with Crippen molar-refractivity contribution in [2.75, 3.05) is 4.90 Å². The molecule has 3 aromatic carbocycles. The van der Waals surface area contributed by atoms with Gasteiger partial charge in [0.25, 0.3) is 5.91 Å². The van der Waals surface area contributed by atoms with Gasteiger partial charge in [-0.15, -0.1) is 17.0 Å². The Kier molecular flexibility index (Phi) is 6.07. The van der Waals surface area contributed by atoms with Crippen molar-refractivity contribution in [3.8, 4) is 0 Å². The Hall–Kier alpha value is -3.00. The van der Waals surface area contributed by atoms with Crippen LogP contribution in [0.1, 0.15) is 27.0 Å². The van der Waals surface area contributed by atoms with E-state index >= 15 is 0 Å². The number of halogens is 5. The molecule has 0 fully saturated rings. The van der Waals surface area contributed by atoms with Crippen molar-refractivity contribution in [2.24, 2.45) is 4.99 Å². The summed E-state index contributed by atoms with van der Waals surface area (Å²) < 4.78 is 53.4. The van der Waals surface area contributed by atoms with Gasteiger partial charge in [0, 0.05) is 11.3 Å². The van der Waals surface area contributed by atoms with E-state index in [2.05, 4.69) is 4.99 Å². The van der Waals surface area contributed by atoms with E-state index < -0.39 is 23.5 Å². The summed E-state index contributed by atoms with van der Waals surface area (Å²) >= 11 is 0. The van der Waals surface area contributed by atoms with Crippen LogP contribution in [-0.4, -0.2) is 11.7 Å². The molecule has 0 radical (unpaired) electrons. The van der Waals surface area contributed by atoms with Gasteiger partial charge < -0.3 is 4.90 Å². The van der Waals surface area contributed by atoms with Gasteiger partial charge in [0.15, 0.2) is 0 Å². The van der Waals surface area contributed by atoms with Crippen molar-refractivity contribution in [2.45, 2.75) is 12.7 Å². The first-order valence-electron chi connectivity index (χ1n) is 8.75. The van der Waals surface area contributed by atoms with E-state index in [1.54, 1.807) is 18.2 Å². The number of amides is 1. The van der Waals surface area contributed by atoms with Gasteiger partial charge >= 0.3 is 6.18 Å². The standard InChI is InChI=1S/C22H14F4N2O.BrH/c23-19-11-4-3-10-18(19)21(29)27-20-17-9-2-1-6-14(17)13-28(20)16-8-5-7-15(12-16)22(24,25)26;/h1-12H,13H2;1H. The smallest absolute Gasteiger partial charge is 0.321 e. The minimum atomic E-state index is -4.50. The molecule has 0 saturated carbocycles. The highest BCUT2D eigenvalue weighted by atomic mass is 79.9. The summed E-state index contributed by atoms with van der Waals surface area (Å²) in [5, 5.41) is 0. The third kappa shape index (κ3) is 4.14. The van der Waals surface area contributed by atoms with E-state index in [0.29, 0.717) is 5.56 Å². The van der Waals surface area contributed by atoms with Crippen LogP contribution < -0.4 is 4.90 Å². The predicted molar refractivity (Wildman–Crippen MR) is 112 cm³/mol. The maximum Gasteiger partial charge on any atom is 0.416 e. The molecule has 0 atom stereocenters. The van der Waals surface area contributed by atoms with Crippen LogP contribution >= 0.6 is 17.0 Å². The first-order chi connectivity index (χ1) is 13.8. The molecule has 0 unspecified atom stereocenters. The molecule has 0 saturated heterocycles. The molecule has 1 aliphatic rings. The summed E-state index contributed by atoms with van der Waals surface area (Å²) in [6.45, 7) is 0.251. The lowest BCUT2D eigenvalue weighted by molar-refractivity contribution is -0.137. The highest BCUT2D eigenvalue weighted by Gasteiger charge is 2.33. The minimum Gasteiger partial charge on any atom is -0.321 e. The highest BCUT2D eigenvalue weighted by Crippen LogP contribution is 2.34. The number of benzene rings is 3. The SMILES string of the molecule is Br.O=C(N=C1c2ccccc2CN1c1cccc(C(F)(F)F)c1)c1ccccc1F. The molecule has 3 nitrogen and oxygen atoms in total. The van der Waals surface area contributed by atoms with E-state index in [-0.39, 0.29) is 40.6 Å². The monoisotopic (exact) mass is 478 g/mol. The van der Waals surface area contributed by atoms with E-state index in [0.717, 1.165) is 23.8 Å². The predicted octanol–water partition coefficient (Wildman–Crippen LogP) is 6.03. The normalized spacial score (nSPS) is 14.4. The summed E-state index contributed by atoms with van der Waals surface area (Å²) in [7, 11) is 0. The second-order valence-corrected chi connectivity index (χ2v) is 6.51. The number of alkyl halides is 3. The van der Waals surface area contributed by atoms with Crippen LogP contribution in [0, 0.1) is 5.82 Å². The molecule has 4 rings (SSSR count). The van der Waals surface area contributed by atoms with Crippen LogP contribution in [-0.2, 0) is 12.7 Å². The Morgan fingerprint density at radius 3 is 2.37 bits per heavy atom. The van der Waals surface area contributed by atoms with Gasteiger partial charge in [0.2, 0.25) is 0 Å². The van der Waals surface area contributed by atoms with Gasteiger partial charge in [0.05, 0.1) is 17.7 Å². The summed E-state index contributed by atoms with van der Waals surface area (Å²) in [6, 6.07) is 17.3. The highest BCUT2D eigenvalue weighted by molar-refractivity contribution is 8.93. The first kappa shape index (κ1) is 21.7. The third-order valence-electron chi connectivity index (χ3n) is 4.64. The quantitative estimate of drug-likeness (QED) is 0.421. The van der Waals surface area contributed by atoms with Crippen molar-refractivity contribution in [3.05, 3.63) is 101 Å². The molecule has 0 aliphatic carbocycles. The van der Waals surface area contributed by atoms with Crippen molar-refractivity contribution >= 4 is 34.4 Å². The number of rotatable bonds is 2. The largest absolute Gasteiger partial charge is 0.416 e. The lowest BCUT2D eigenvalue weighted by Crippen LogP contribution is -2.26. The van der Waals surface area contributed by atoms with Gasteiger partial charge in [-0.05, 0) is 35.9 Å². The van der Waals surface area contributed by atoms with E-state index in [1.807, 2.05) is 6.07 Å². The van der Waals surface area contributed by atoms with Gasteiger partial charge in [-0.2, -0.15) is 18.2 Å². The second-order valence-electron chi connectivity index (χ2n) is 6.51. The number of amidine groups is 1. The molecule has 0 spiro atoms. The molecule has 1 amide bonds. The molecule has 1 aliphatic heterocycles. The fraction of sp³-hybridized carbons (Fsp3) is 0.0909. The zero-order valence-electron chi connectivity index (χ0n) is 15.4. The number of anilines is 1. The minimum absolute atomic E-state index is 0. The molecule has 3 aromatic rings. The average Bonchev–Trinajstić information content (AvgIpc) is 3.06. The molecule has 1 heterocycles. The van der Waals surface area contributed by atoms with E-state index in [4.69, 9.17) is 0 Å². The van der Waals surface area contributed by atoms with E-state index in [1.165, 1.54) is 35.2 Å². The third-order valence-corrected chi connectivity index (χ3v) is 4.64. The number of carbonyl (C=O) groups excluding carboxylic acids is 1. The number of fused-ring (bicyclic) bond motifs is 1. The Morgan fingerprint density at radius 2 is 1.63 bits per heavy atom. The molecule has 8 heteroatoms. The fourth-order valence-corrected chi connectivity index (χ4v) is 3.24. The number of nitrogens with zero attached hydrogens (tertiary/aromatic N) is 2. The summed E-state index contributed by atoms with van der Waals surface area (Å²) in [5.41, 5.74) is 0.676. The number of aliphatic imine (C=N–C) groups is 1. The second kappa shape index (κ2) is 8.39. The molecule has 0 aromatic heterocycles. The maximum atomic E-state index is 14.0. The van der Waals surface area contributed by atoms with Crippen molar-refractivity contribution < 1.29 is 22.4 Å². The summed E-state index contributed by atoms with van der Waals surface area (Å²) in [4.78, 5) is 18.2. The molecular weight excluding hydrogens is 464 g/mol. The lowest BCUT2D eigenvalue weighted by Gasteiger charge is -2.20. The van der Waals surface area contributed by atoms with Crippen LogP contribution in [0.2, 0.25) is 0 Å². The Morgan fingerprint density at radius 1 is 0.933 bits per heavy atom. The first-order valence-corrected chi connectivity index (χ1v) is 8.75. The average molecular weight is 479 g/mol. The summed E-state index contributed by atoms with van der Waals surface area (Å²) in [5.74, 6) is -1.32. The molecule has 0 N–H and O–H groups in total. The van der Waals surface area contributed by atoms with Gasteiger partial charge in [-0.3, -0.25) is 4.79 Å². The van der Waals surface area contributed by atoms with Gasteiger partial charge in [-0.25, -0.2) is 4.39 Å². The Bertz CT molecular complexity index is 1130. The van der Waals surface area contributed by atoms with Gasteiger partial charge in [0.1, 0.15) is 11.7 Å². The molecular formula is C22H15BrF4N2O. The topological polar surface area (TPSA) is 32.7 Å². The zero-order valence-corrected chi connectivity index (χ0v) is 17.1. The molecule has 30 heavy (non-hydrogen) atoms. The van der Waals surface area contributed by atoms with Gasteiger partial charge in [-0.1, -0.05) is 42.5 Å². The Balaban J connectivity index is 0.00000256. The van der Waals surface area contributed by atoms with Crippen molar-refractivity contribution in [1.82, 2.24) is 0 Å². The van der Waals surface area contributed by atoms with Crippen molar-refractivity contribution in [3.63, 3.8) is 0 Å². The van der Waals surface area contributed by atoms with E-state index in [9.17, 15) is 22.4 Å². The lowest BCUT2D eigenvalue weighted by atomic mass is 10.1.